The van der Waals surface area contributed by atoms with Gasteiger partial charge in [-0.3, -0.25) is 14.9 Å². The largest absolute Gasteiger partial charge is 0.496 e. The van der Waals surface area contributed by atoms with Gasteiger partial charge in [0.05, 0.1) is 17.6 Å². The van der Waals surface area contributed by atoms with Crippen molar-refractivity contribution in [3.8, 4) is 5.75 Å². The number of nitrogens with one attached hydrogen (secondary N) is 1. The van der Waals surface area contributed by atoms with Gasteiger partial charge in [0, 0.05) is 17.8 Å². The number of nitro benzene ring substituents is 1. The van der Waals surface area contributed by atoms with Gasteiger partial charge in [0.15, 0.2) is 0 Å². The van der Waals surface area contributed by atoms with E-state index in [4.69, 9.17) is 4.74 Å². The van der Waals surface area contributed by atoms with Crippen molar-refractivity contribution in [2.24, 2.45) is 0 Å². The van der Waals surface area contributed by atoms with Crippen LogP contribution in [0.4, 0.5) is 11.4 Å². The van der Waals surface area contributed by atoms with Crippen molar-refractivity contribution in [2.75, 3.05) is 12.4 Å². The SMILES string of the molecule is COc1ccc([N+](=O)[O-])cc1C(=O)Nc1cccc(C)c1C. The number of hydrogen-bond acceptors (Lipinski definition) is 4. The third kappa shape index (κ3) is 3.06. The van der Waals surface area contributed by atoms with Gasteiger partial charge in [-0.05, 0) is 37.1 Å². The second kappa shape index (κ2) is 6.26. The molecule has 1 amide bonds. The number of methoxy groups -OCH3 is 1. The highest BCUT2D eigenvalue weighted by atomic mass is 16.6. The third-order valence-corrected chi connectivity index (χ3v) is 3.49. The van der Waals surface area contributed by atoms with E-state index in [2.05, 4.69) is 5.32 Å². The molecule has 0 aliphatic carbocycles. The first-order valence-electron chi connectivity index (χ1n) is 6.64. The Morgan fingerprint density at radius 2 is 1.95 bits per heavy atom. The van der Waals surface area contributed by atoms with Gasteiger partial charge >= 0.3 is 0 Å². The first-order valence-corrected chi connectivity index (χ1v) is 6.64. The molecule has 0 saturated heterocycles. The van der Waals surface area contributed by atoms with Crippen molar-refractivity contribution in [1.82, 2.24) is 0 Å². The van der Waals surface area contributed by atoms with E-state index in [1.54, 1.807) is 6.07 Å². The van der Waals surface area contributed by atoms with Gasteiger partial charge in [-0.15, -0.1) is 0 Å². The zero-order valence-corrected chi connectivity index (χ0v) is 12.5. The fourth-order valence-corrected chi connectivity index (χ4v) is 2.06. The molecule has 1 N–H and O–H groups in total. The van der Waals surface area contributed by atoms with E-state index in [9.17, 15) is 14.9 Å². The first kappa shape index (κ1) is 15.5. The predicted molar refractivity (Wildman–Crippen MR) is 83.5 cm³/mol. The van der Waals surface area contributed by atoms with Crippen LogP contribution in [0.15, 0.2) is 36.4 Å². The van der Waals surface area contributed by atoms with Crippen LogP contribution in [0.3, 0.4) is 0 Å². The molecule has 22 heavy (non-hydrogen) atoms. The van der Waals surface area contributed by atoms with E-state index in [0.29, 0.717) is 5.69 Å². The van der Waals surface area contributed by atoms with E-state index in [1.807, 2.05) is 26.0 Å². The number of carbonyl (C=O) groups excluding carboxylic acids is 1. The molecule has 0 heterocycles. The highest BCUT2D eigenvalue weighted by Crippen LogP contribution is 2.26. The summed E-state index contributed by atoms with van der Waals surface area (Å²) in [7, 11) is 1.41. The average molecular weight is 300 g/mol. The molecule has 0 aromatic heterocycles. The van der Waals surface area contributed by atoms with Crippen LogP contribution in [0.1, 0.15) is 21.5 Å². The van der Waals surface area contributed by atoms with Gasteiger partial charge in [-0.1, -0.05) is 12.1 Å². The molecule has 6 heteroatoms. The molecule has 0 spiro atoms. The zero-order valence-electron chi connectivity index (χ0n) is 12.5. The number of nitrogens with zero attached hydrogens (tertiary/aromatic N) is 1. The van der Waals surface area contributed by atoms with Gasteiger partial charge in [0.25, 0.3) is 11.6 Å². The number of amides is 1. The molecule has 0 bridgehead atoms. The molecular formula is C16H16N2O4. The molecular weight excluding hydrogens is 284 g/mol. The second-order valence-electron chi connectivity index (χ2n) is 4.84. The summed E-state index contributed by atoms with van der Waals surface area (Å²) in [4.78, 5) is 22.7. The Balaban J connectivity index is 2.38. The fraction of sp³-hybridized carbons (Fsp3) is 0.188. The van der Waals surface area contributed by atoms with Crippen molar-refractivity contribution in [2.45, 2.75) is 13.8 Å². The first-order chi connectivity index (χ1) is 10.4. The maximum absolute atomic E-state index is 12.4. The number of hydrogen-bond donors (Lipinski definition) is 1. The van der Waals surface area contributed by atoms with Crippen molar-refractivity contribution in [3.63, 3.8) is 0 Å². The number of non-ortho nitro benzene ring substituents is 1. The highest BCUT2D eigenvalue weighted by molar-refractivity contribution is 6.07. The number of ether oxygens (including phenoxy) is 1. The van der Waals surface area contributed by atoms with Crippen molar-refractivity contribution in [3.05, 3.63) is 63.2 Å². The lowest BCUT2D eigenvalue weighted by atomic mass is 10.1. The summed E-state index contributed by atoms with van der Waals surface area (Å²) in [6.07, 6.45) is 0. The van der Waals surface area contributed by atoms with Gasteiger partial charge in [0.2, 0.25) is 0 Å². The summed E-state index contributed by atoms with van der Waals surface area (Å²) in [5.41, 5.74) is 2.62. The van der Waals surface area contributed by atoms with E-state index < -0.39 is 10.8 Å². The van der Waals surface area contributed by atoms with E-state index in [1.165, 1.54) is 25.3 Å². The van der Waals surface area contributed by atoms with E-state index in [0.717, 1.165) is 11.1 Å². The molecule has 0 saturated carbocycles. The summed E-state index contributed by atoms with van der Waals surface area (Å²) >= 11 is 0. The molecule has 2 aromatic rings. The topological polar surface area (TPSA) is 81.5 Å². The van der Waals surface area contributed by atoms with Crippen molar-refractivity contribution >= 4 is 17.3 Å². The lowest BCUT2D eigenvalue weighted by Gasteiger charge is -2.12. The average Bonchev–Trinajstić information content (AvgIpc) is 2.51. The zero-order chi connectivity index (χ0) is 16.3. The molecule has 2 aromatic carbocycles. The van der Waals surface area contributed by atoms with Gasteiger partial charge in [-0.2, -0.15) is 0 Å². The molecule has 0 aliphatic rings. The molecule has 114 valence electrons. The van der Waals surface area contributed by atoms with Crippen LogP contribution >= 0.6 is 0 Å². The molecule has 0 fully saturated rings. The van der Waals surface area contributed by atoms with Crippen LogP contribution < -0.4 is 10.1 Å². The fourth-order valence-electron chi connectivity index (χ4n) is 2.06. The van der Waals surface area contributed by atoms with Crippen LogP contribution in [0.5, 0.6) is 5.75 Å². The third-order valence-electron chi connectivity index (χ3n) is 3.49. The summed E-state index contributed by atoms with van der Waals surface area (Å²) in [5.74, 6) is -0.164. The highest BCUT2D eigenvalue weighted by Gasteiger charge is 2.18. The monoisotopic (exact) mass is 300 g/mol. The van der Waals surface area contributed by atoms with Gasteiger partial charge in [-0.25, -0.2) is 0 Å². The van der Waals surface area contributed by atoms with E-state index in [-0.39, 0.29) is 17.0 Å². The van der Waals surface area contributed by atoms with Gasteiger partial charge < -0.3 is 10.1 Å². The summed E-state index contributed by atoms with van der Waals surface area (Å²) in [5, 5.41) is 13.6. The molecule has 0 unspecified atom stereocenters. The number of benzene rings is 2. The van der Waals surface area contributed by atoms with Gasteiger partial charge in [0.1, 0.15) is 5.75 Å². The van der Waals surface area contributed by atoms with Crippen molar-refractivity contribution in [1.29, 1.82) is 0 Å². The minimum atomic E-state index is -0.547. The molecule has 0 aliphatic heterocycles. The molecule has 6 nitrogen and oxygen atoms in total. The number of carbonyl (C=O) groups is 1. The Kier molecular flexibility index (Phi) is 4.41. The Labute approximate surface area is 127 Å². The molecule has 0 radical (unpaired) electrons. The number of rotatable bonds is 4. The van der Waals surface area contributed by atoms with Crippen LogP contribution in [-0.2, 0) is 0 Å². The number of anilines is 1. The van der Waals surface area contributed by atoms with E-state index >= 15 is 0 Å². The minimum absolute atomic E-state index is 0.123. The summed E-state index contributed by atoms with van der Waals surface area (Å²) in [6.45, 7) is 3.84. The summed E-state index contributed by atoms with van der Waals surface area (Å²) in [6, 6.07) is 9.48. The smallest absolute Gasteiger partial charge is 0.270 e. The van der Waals surface area contributed by atoms with Crippen LogP contribution in [-0.4, -0.2) is 17.9 Å². The standard InChI is InChI=1S/C16H16N2O4/c1-10-5-4-6-14(11(10)2)17-16(19)13-9-12(18(20)21)7-8-15(13)22-3/h4-9H,1-3H3,(H,17,19). The quantitative estimate of drug-likeness (QED) is 0.692. The van der Waals surface area contributed by atoms with Crippen molar-refractivity contribution < 1.29 is 14.5 Å². The Bertz CT molecular complexity index is 741. The lowest BCUT2D eigenvalue weighted by Crippen LogP contribution is -2.14. The number of nitro groups is 1. The number of aryl methyl sites for hydroxylation is 1. The minimum Gasteiger partial charge on any atom is -0.496 e. The predicted octanol–water partition coefficient (Wildman–Crippen LogP) is 3.47. The van der Waals surface area contributed by atoms with Crippen LogP contribution in [0.2, 0.25) is 0 Å². The molecule has 0 atom stereocenters. The normalized spacial score (nSPS) is 10.1. The Hall–Kier alpha value is -2.89. The summed E-state index contributed by atoms with van der Waals surface area (Å²) < 4.78 is 5.11. The van der Waals surface area contributed by atoms with Crippen LogP contribution in [0, 0.1) is 24.0 Å². The Morgan fingerprint density at radius 1 is 1.23 bits per heavy atom. The maximum atomic E-state index is 12.4. The van der Waals surface area contributed by atoms with Crippen LogP contribution in [0.25, 0.3) is 0 Å². The maximum Gasteiger partial charge on any atom is 0.270 e. The Morgan fingerprint density at radius 3 is 2.59 bits per heavy atom. The molecule has 2 rings (SSSR count). The second-order valence-corrected chi connectivity index (χ2v) is 4.84. The lowest BCUT2D eigenvalue weighted by molar-refractivity contribution is -0.384.